The summed E-state index contributed by atoms with van der Waals surface area (Å²) in [5, 5.41) is 7.93. The van der Waals surface area contributed by atoms with Crippen LogP contribution in [0.3, 0.4) is 0 Å². The number of fused-ring (bicyclic) bond motifs is 1. The number of aromatic nitrogens is 2. The Morgan fingerprint density at radius 1 is 1.30 bits per heavy atom. The minimum Gasteiger partial charge on any atom is -0.496 e. The molecule has 0 radical (unpaired) electrons. The van der Waals surface area contributed by atoms with Crippen molar-refractivity contribution in [2.75, 3.05) is 7.11 Å². The largest absolute Gasteiger partial charge is 0.496 e. The molecular weight excluding hydrogens is 342 g/mol. The maximum Gasteiger partial charge on any atom is 0.257 e. The van der Waals surface area contributed by atoms with Gasteiger partial charge in [0, 0.05) is 11.7 Å². The van der Waals surface area contributed by atoms with Crippen molar-refractivity contribution in [2.24, 2.45) is 0 Å². The first kappa shape index (κ1) is 18.9. The van der Waals surface area contributed by atoms with E-state index in [1.165, 1.54) is 6.20 Å². The first-order chi connectivity index (χ1) is 12.8. The third-order valence-corrected chi connectivity index (χ3v) is 4.44. The van der Waals surface area contributed by atoms with Gasteiger partial charge in [0.25, 0.3) is 11.6 Å². The van der Waals surface area contributed by atoms with E-state index in [4.69, 9.17) is 9.26 Å². The molecule has 3 aromatic rings. The van der Waals surface area contributed by atoms with E-state index in [-0.39, 0.29) is 11.8 Å². The van der Waals surface area contributed by atoms with Gasteiger partial charge >= 0.3 is 0 Å². The molecule has 0 spiro atoms. The van der Waals surface area contributed by atoms with Gasteiger partial charge in [-0.1, -0.05) is 37.2 Å². The minimum absolute atomic E-state index is 0.180. The standard InChI is InChI=1S/C21H25N3O3/c1-13(2)18-16-10-15(12-22-20(16)27-24-18)19(25)23-21(3,4)11-14-8-6-7-9-17(14)26-5/h6-10,12-13H,11H2,1-5H3,(H,23,25). The summed E-state index contributed by atoms with van der Waals surface area (Å²) < 4.78 is 10.7. The number of amides is 1. The number of carbonyl (C=O) groups excluding carboxylic acids is 1. The summed E-state index contributed by atoms with van der Waals surface area (Å²) in [6.07, 6.45) is 2.16. The van der Waals surface area contributed by atoms with E-state index in [9.17, 15) is 4.79 Å². The molecule has 0 unspecified atom stereocenters. The van der Waals surface area contributed by atoms with E-state index in [0.717, 1.165) is 22.4 Å². The predicted octanol–water partition coefficient (Wildman–Crippen LogP) is 4.11. The maximum absolute atomic E-state index is 12.8. The Balaban J connectivity index is 1.81. The molecule has 3 rings (SSSR count). The Morgan fingerprint density at radius 2 is 2.04 bits per heavy atom. The fourth-order valence-corrected chi connectivity index (χ4v) is 3.14. The Hall–Kier alpha value is -2.89. The van der Waals surface area contributed by atoms with Crippen LogP contribution in [0.5, 0.6) is 5.75 Å². The fraction of sp³-hybridized carbons (Fsp3) is 0.381. The minimum atomic E-state index is -0.462. The molecule has 2 aromatic heterocycles. The molecule has 27 heavy (non-hydrogen) atoms. The second-order valence-corrected chi connectivity index (χ2v) is 7.63. The smallest absolute Gasteiger partial charge is 0.257 e. The summed E-state index contributed by atoms with van der Waals surface area (Å²) in [7, 11) is 1.65. The average molecular weight is 367 g/mol. The molecule has 0 fully saturated rings. The topological polar surface area (TPSA) is 77.2 Å². The summed E-state index contributed by atoms with van der Waals surface area (Å²) in [5.74, 6) is 0.822. The number of hydrogen-bond acceptors (Lipinski definition) is 5. The second-order valence-electron chi connectivity index (χ2n) is 7.63. The van der Waals surface area contributed by atoms with Gasteiger partial charge in [-0.15, -0.1) is 0 Å². The number of nitrogens with one attached hydrogen (secondary N) is 1. The lowest BCUT2D eigenvalue weighted by atomic mass is 9.94. The van der Waals surface area contributed by atoms with Crippen molar-refractivity contribution < 1.29 is 14.1 Å². The predicted molar refractivity (Wildman–Crippen MR) is 104 cm³/mol. The van der Waals surface area contributed by atoms with Crippen molar-refractivity contribution in [1.82, 2.24) is 15.5 Å². The van der Waals surface area contributed by atoms with Gasteiger partial charge in [0.1, 0.15) is 5.75 Å². The summed E-state index contributed by atoms with van der Waals surface area (Å²) in [6, 6.07) is 9.62. The van der Waals surface area contributed by atoms with Crippen LogP contribution in [-0.4, -0.2) is 28.7 Å². The van der Waals surface area contributed by atoms with Crippen molar-refractivity contribution in [3.8, 4) is 5.75 Å². The van der Waals surface area contributed by atoms with E-state index >= 15 is 0 Å². The highest BCUT2D eigenvalue weighted by Crippen LogP contribution is 2.25. The Bertz CT molecular complexity index is 960. The highest BCUT2D eigenvalue weighted by molar-refractivity contribution is 5.97. The van der Waals surface area contributed by atoms with Crippen molar-refractivity contribution in [3.63, 3.8) is 0 Å². The van der Waals surface area contributed by atoms with E-state index in [1.807, 2.05) is 52.0 Å². The normalized spacial score (nSPS) is 11.8. The van der Waals surface area contributed by atoms with Crippen LogP contribution in [0.25, 0.3) is 11.1 Å². The van der Waals surface area contributed by atoms with Crippen LogP contribution in [0.2, 0.25) is 0 Å². The number of methoxy groups -OCH3 is 1. The van der Waals surface area contributed by atoms with Crippen molar-refractivity contribution in [1.29, 1.82) is 0 Å². The van der Waals surface area contributed by atoms with Crippen molar-refractivity contribution >= 4 is 17.0 Å². The van der Waals surface area contributed by atoms with Crippen LogP contribution in [0.4, 0.5) is 0 Å². The summed E-state index contributed by atoms with van der Waals surface area (Å²) in [4.78, 5) is 17.1. The van der Waals surface area contributed by atoms with E-state index in [0.29, 0.717) is 17.7 Å². The Labute approximate surface area is 158 Å². The molecule has 0 aliphatic rings. The second kappa shape index (κ2) is 7.39. The van der Waals surface area contributed by atoms with E-state index < -0.39 is 5.54 Å². The lowest BCUT2D eigenvalue weighted by Gasteiger charge is -2.27. The molecule has 0 bridgehead atoms. The first-order valence-electron chi connectivity index (χ1n) is 9.00. The Kier molecular flexibility index (Phi) is 5.17. The van der Waals surface area contributed by atoms with Gasteiger partial charge < -0.3 is 14.6 Å². The van der Waals surface area contributed by atoms with Gasteiger partial charge in [-0.2, -0.15) is 0 Å². The summed E-state index contributed by atoms with van der Waals surface area (Å²) in [6.45, 7) is 8.03. The molecule has 0 saturated carbocycles. The lowest BCUT2D eigenvalue weighted by molar-refractivity contribution is 0.0912. The maximum atomic E-state index is 12.8. The number of hydrogen-bond donors (Lipinski definition) is 1. The summed E-state index contributed by atoms with van der Waals surface area (Å²) in [5.41, 5.74) is 2.32. The number of carbonyl (C=O) groups is 1. The average Bonchev–Trinajstić information content (AvgIpc) is 3.04. The molecule has 0 aliphatic heterocycles. The van der Waals surface area contributed by atoms with Gasteiger partial charge in [0.2, 0.25) is 0 Å². The number of nitrogens with zero attached hydrogens (tertiary/aromatic N) is 2. The van der Waals surface area contributed by atoms with Crippen LogP contribution in [0.1, 0.15) is 55.2 Å². The van der Waals surface area contributed by atoms with Gasteiger partial charge in [-0.3, -0.25) is 4.79 Å². The summed E-state index contributed by atoms with van der Waals surface area (Å²) >= 11 is 0. The van der Waals surface area contributed by atoms with Crippen molar-refractivity contribution in [2.45, 2.75) is 45.6 Å². The van der Waals surface area contributed by atoms with Crippen LogP contribution in [0.15, 0.2) is 41.1 Å². The van der Waals surface area contributed by atoms with Gasteiger partial charge in [0.05, 0.1) is 23.8 Å². The lowest BCUT2D eigenvalue weighted by Crippen LogP contribution is -2.45. The van der Waals surface area contributed by atoms with E-state index in [2.05, 4.69) is 15.5 Å². The zero-order valence-electron chi connectivity index (χ0n) is 16.4. The number of pyridine rings is 1. The van der Waals surface area contributed by atoms with Crippen LogP contribution in [-0.2, 0) is 6.42 Å². The zero-order valence-corrected chi connectivity index (χ0v) is 16.4. The fourth-order valence-electron chi connectivity index (χ4n) is 3.14. The number of ether oxygens (including phenoxy) is 1. The molecule has 1 aromatic carbocycles. The molecule has 142 valence electrons. The highest BCUT2D eigenvalue weighted by Gasteiger charge is 2.24. The third kappa shape index (κ3) is 4.10. The van der Waals surface area contributed by atoms with Gasteiger partial charge in [-0.05, 0) is 43.9 Å². The molecule has 0 atom stereocenters. The van der Waals surface area contributed by atoms with Crippen LogP contribution < -0.4 is 10.1 Å². The SMILES string of the molecule is COc1ccccc1CC(C)(C)NC(=O)c1cnc2onc(C(C)C)c2c1. The first-order valence-corrected chi connectivity index (χ1v) is 9.00. The molecule has 6 nitrogen and oxygen atoms in total. The van der Waals surface area contributed by atoms with E-state index in [1.54, 1.807) is 13.2 Å². The quantitative estimate of drug-likeness (QED) is 0.709. The monoisotopic (exact) mass is 367 g/mol. The molecule has 0 saturated heterocycles. The molecule has 1 amide bonds. The number of benzene rings is 1. The van der Waals surface area contributed by atoms with Crippen LogP contribution in [0, 0.1) is 0 Å². The van der Waals surface area contributed by atoms with Gasteiger partial charge in [0.15, 0.2) is 0 Å². The zero-order chi connectivity index (χ0) is 19.6. The molecular formula is C21H25N3O3. The number of para-hydroxylation sites is 1. The molecule has 1 N–H and O–H groups in total. The Morgan fingerprint density at radius 3 is 2.74 bits per heavy atom. The third-order valence-electron chi connectivity index (χ3n) is 4.44. The molecule has 0 aliphatic carbocycles. The van der Waals surface area contributed by atoms with Crippen LogP contribution >= 0.6 is 0 Å². The number of rotatable bonds is 6. The molecule has 6 heteroatoms. The van der Waals surface area contributed by atoms with Crippen molar-refractivity contribution in [3.05, 3.63) is 53.3 Å². The molecule has 2 heterocycles. The highest BCUT2D eigenvalue weighted by atomic mass is 16.5. The van der Waals surface area contributed by atoms with Gasteiger partial charge in [-0.25, -0.2) is 4.98 Å².